The summed E-state index contributed by atoms with van der Waals surface area (Å²) in [7, 11) is 0. The summed E-state index contributed by atoms with van der Waals surface area (Å²) in [6, 6.07) is 9.01. The van der Waals surface area contributed by atoms with Crippen molar-refractivity contribution in [1.82, 2.24) is 0 Å². The van der Waals surface area contributed by atoms with Gasteiger partial charge in [-0.15, -0.1) is 0 Å². The van der Waals surface area contributed by atoms with Crippen LogP contribution in [-0.2, 0) is 4.79 Å². The van der Waals surface area contributed by atoms with Gasteiger partial charge in [0.1, 0.15) is 12.4 Å². The first-order valence-corrected chi connectivity index (χ1v) is 3.79. The van der Waals surface area contributed by atoms with Gasteiger partial charge in [-0.05, 0) is 12.1 Å². The van der Waals surface area contributed by atoms with Gasteiger partial charge in [0.2, 0.25) is 0 Å². The third-order valence-electron chi connectivity index (χ3n) is 1.46. The molecule has 1 aromatic carbocycles. The SMILES string of the molecule is C=C(COc1ccccc1)C(=O)O. The van der Waals surface area contributed by atoms with E-state index in [0.29, 0.717) is 5.75 Å². The molecule has 1 rings (SSSR count). The van der Waals surface area contributed by atoms with Gasteiger partial charge in [-0.3, -0.25) is 0 Å². The van der Waals surface area contributed by atoms with E-state index in [1.165, 1.54) is 0 Å². The molecule has 0 aliphatic heterocycles. The lowest BCUT2D eigenvalue weighted by atomic mass is 10.3. The molecule has 68 valence electrons. The lowest BCUT2D eigenvalue weighted by molar-refractivity contribution is -0.133. The minimum Gasteiger partial charge on any atom is -0.489 e. The minimum atomic E-state index is -1.03. The molecule has 0 unspecified atom stereocenters. The summed E-state index contributed by atoms with van der Waals surface area (Å²) in [6.07, 6.45) is 0. The molecule has 3 heteroatoms. The van der Waals surface area contributed by atoms with Crippen LogP contribution in [0.15, 0.2) is 42.5 Å². The van der Waals surface area contributed by atoms with Crippen LogP contribution in [0.2, 0.25) is 0 Å². The Morgan fingerprint density at radius 2 is 2.00 bits per heavy atom. The molecule has 1 N–H and O–H groups in total. The minimum absolute atomic E-state index is 0.0132. The van der Waals surface area contributed by atoms with Crippen molar-refractivity contribution in [3.8, 4) is 5.75 Å². The molecule has 0 atom stereocenters. The van der Waals surface area contributed by atoms with Crippen LogP contribution in [0.25, 0.3) is 0 Å². The highest BCUT2D eigenvalue weighted by molar-refractivity contribution is 5.86. The first kappa shape index (κ1) is 9.32. The second-order valence-electron chi connectivity index (χ2n) is 2.51. The number of rotatable bonds is 4. The molecule has 0 heterocycles. The van der Waals surface area contributed by atoms with Gasteiger partial charge in [-0.25, -0.2) is 4.79 Å². The Morgan fingerprint density at radius 3 is 2.54 bits per heavy atom. The maximum atomic E-state index is 10.3. The highest BCUT2D eigenvalue weighted by atomic mass is 16.5. The molecule has 0 aliphatic carbocycles. The van der Waals surface area contributed by atoms with Crippen LogP contribution in [0.4, 0.5) is 0 Å². The van der Waals surface area contributed by atoms with E-state index < -0.39 is 5.97 Å². The molecule has 1 aromatic rings. The standard InChI is InChI=1S/C10H10O3/c1-8(10(11)12)7-13-9-5-3-2-4-6-9/h2-6H,1,7H2,(H,11,12). The number of benzene rings is 1. The summed E-state index contributed by atoms with van der Waals surface area (Å²) < 4.78 is 5.15. The topological polar surface area (TPSA) is 46.5 Å². The summed E-state index contributed by atoms with van der Waals surface area (Å²) in [5, 5.41) is 8.48. The average Bonchev–Trinajstić information content (AvgIpc) is 2.15. The van der Waals surface area contributed by atoms with E-state index in [1.54, 1.807) is 12.1 Å². The Hall–Kier alpha value is -1.77. The van der Waals surface area contributed by atoms with E-state index in [4.69, 9.17) is 9.84 Å². The Balaban J connectivity index is 2.44. The summed E-state index contributed by atoms with van der Waals surface area (Å²) >= 11 is 0. The molecular weight excluding hydrogens is 168 g/mol. The number of hydrogen-bond acceptors (Lipinski definition) is 2. The van der Waals surface area contributed by atoms with E-state index >= 15 is 0 Å². The zero-order valence-corrected chi connectivity index (χ0v) is 7.06. The van der Waals surface area contributed by atoms with E-state index in [2.05, 4.69) is 6.58 Å². The van der Waals surface area contributed by atoms with Crippen LogP contribution >= 0.6 is 0 Å². The number of hydrogen-bond donors (Lipinski definition) is 1. The Kier molecular flexibility index (Phi) is 3.09. The van der Waals surface area contributed by atoms with Crippen LogP contribution in [0.1, 0.15) is 0 Å². The molecule has 0 spiro atoms. The Morgan fingerprint density at radius 1 is 1.38 bits per heavy atom. The highest BCUT2D eigenvalue weighted by Crippen LogP contribution is 2.09. The number of aliphatic carboxylic acids is 1. The van der Waals surface area contributed by atoms with Gasteiger partial charge >= 0.3 is 5.97 Å². The lowest BCUT2D eigenvalue weighted by Crippen LogP contribution is -2.08. The fourth-order valence-electron chi connectivity index (χ4n) is 0.749. The van der Waals surface area contributed by atoms with Crippen molar-refractivity contribution in [3.05, 3.63) is 42.5 Å². The van der Waals surface area contributed by atoms with Crippen molar-refractivity contribution in [2.75, 3.05) is 6.61 Å². The number of ether oxygens (including phenoxy) is 1. The summed E-state index contributed by atoms with van der Waals surface area (Å²) in [4.78, 5) is 10.3. The molecule has 0 saturated carbocycles. The number of carboxylic acids is 1. The number of carbonyl (C=O) groups is 1. The first-order valence-electron chi connectivity index (χ1n) is 3.79. The monoisotopic (exact) mass is 178 g/mol. The third kappa shape index (κ3) is 2.99. The van der Waals surface area contributed by atoms with E-state index in [9.17, 15) is 4.79 Å². The first-order chi connectivity index (χ1) is 6.20. The van der Waals surface area contributed by atoms with Crippen LogP contribution in [0, 0.1) is 0 Å². The molecular formula is C10H10O3. The summed E-state index contributed by atoms with van der Waals surface area (Å²) in [5.74, 6) is -0.388. The second kappa shape index (κ2) is 4.30. The van der Waals surface area contributed by atoms with Crippen molar-refractivity contribution >= 4 is 5.97 Å². The molecule has 0 amide bonds. The third-order valence-corrected chi connectivity index (χ3v) is 1.46. The van der Waals surface area contributed by atoms with Gasteiger partial charge in [0.05, 0.1) is 5.57 Å². The Labute approximate surface area is 76.3 Å². The van der Waals surface area contributed by atoms with E-state index in [-0.39, 0.29) is 12.2 Å². The van der Waals surface area contributed by atoms with Gasteiger partial charge in [-0.2, -0.15) is 0 Å². The predicted molar refractivity (Wildman–Crippen MR) is 48.7 cm³/mol. The molecule has 0 fully saturated rings. The van der Waals surface area contributed by atoms with Crippen LogP contribution in [-0.4, -0.2) is 17.7 Å². The largest absolute Gasteiger partial charge is 0.489 e. The van der Waals surface area contributed by atoms with Crippen molar-refractivity contribution in [1.29, 1.82) is 0 Å². The summed E-state index contributed by atoms with van der Waals surface area (Å²) in [6.45, 7) is 3.36. The van der Waals surface area contributed by atoms with Crippen molar-refractivity contribution in [2.45, 2.75) is 0 Å². The van der Waals surface area contributed by atoms with Crippen LogP contribution in [0.3, 0.4) is 0 Å². The van der Waals surface area contributed by atoms with Crippen LogP contribution < -0.4 is 4.74 Å². The maximum Gasteiger partial charge on any atom is 0.334 e. The molecule has 3 nitrogen and oxygen atoms in total. The van der Waals surface area contributed by atoms with Crippen molar-refractivity contribution in [3.63, 3.8) is 0 Å². The Bertz CT molecular complexity index is 303. The number of para-hydroxylation sites is 1. The van der Waals surface area contributed by atoms with Gasteiger partial charge in [0.25, 0.3) is 0 Å². The smallest absolute Gasteiger partial charge is 0.334 e. The normalized spacial score (nSPS) is 9.23. The maximum absolute atomic E-state index is 10.3. The lowest BCUT2D eigenvalue weighted by Gasteiger charge is -2.04. The van der Waals surface area contributed by atoms with Crippen molar-refractivity contribution in [2.24, 2.45) is 0 Å². The molecule has 13 heavy (non-hydrogen) atoms. The van der Waals surface area contributed by atoms with E-state index in [1.807, 2.05) is 18.2 Å². The number of carboxylic acid groups (broad SMARTS) is 1. The fourth-order valence-corrected chi connectivity index (χ4v) is 0.749. The van der Waals surface area contributed by atoms with Gasteiger partial charge < -0.3 is 9.84 Å². The zero-order chi connectivity index (χ0) is 9.68. The van der Waals surface area contributed by atoms with Gasteiger partial charge in [0.15, 0.2) is 0 Å². The highest BCUT2D eigenvalue weighted by Gasteiger charge is 2.03. The second-order valence-corrected chi connectivity index (χ2v) is 2.51. The molecule has 0 saturated heterocycles. The average molecular weight is 178 g/mol. The van der Waals surface area contributed by atoms with Gasteiger partial charge in [-0.1, -0.05) is 24.8 Å². The fraction of sp³-hybridized carbons (Fsp3) is 0.100. The molecule has 0 aromatic heterocycles. The summed E-state index contributed by atoms with van der Waals surface area (Å²) in [5.41, 5.74) is 0.0452. The molecule has 0 bridgehead atoms. The molecule has 0 aliphatic rings. The van der Waals surface area contributed by atoms with Crippen molar-refractivity contribution < 1.29 is 14.6 Å². The quantitative estimate of drug-likeness (QED) is 0.714. The van der Waals surface area contributed by atoms with Gasteiger partial charge in [0, 0.05) is 0 Å². The van der Waals surface area contributed by atoms with E-state index in [0.717, 1.165) is 0 Å². The molecule has 0 radical (unpaired) electrons. The predicted octanol–water partition coefficient (Wildman–Crippen LogP) is 1.71. The zero-order valence-electron chi connectivity index (χ0n) is 7.06. The van der Waals surface area contributed by atoms with Crippen LogP contribution in [0.5, 0.6) is 5.75 Å².